The smallest absolute Gasteiger partial charge is 0.134 e. The molecule has 0 aromatic heterocycles. The summed E-state index contributed by atoms with van der Waals surface area (Å²) in [5.41, 5.74) is 4.14. The summed E-state index contributed by atoms with van der Waals surface area (Å²) in [7, 11) is 0. The van der Waals surface area contributed by atoms with Crippen LogP contribution in [0.2, 0.25) is 0 Å². The van der Waals surface area contributed by atoms with Gasteiger partial charge in [-0.3, -0.25) is 0 Å². The van der Waals surface area contributed by atoms with Crippen LogP contribution in [0.5, 0.6) is 0 Å². The average molecular weight is 469 g/mol. The lowest BCUT2D eigenvalue weighted by molar-refractivity contribution is 0.249. The molecule has 4 rings (SSSR count). The van der Waals surface area contributed by atoms with Gasteiger partial charge in [0.25, 0.3) is 0 Å². The fourth-order valence-electron chi connectivity index (χ4n) is 5.63. The van der Waals surface area contributed by atoms with Crippen LogP contribution in [0.3, 0.4) is 0 Å². The molecule has 1 heteroatoms. The molecule has 35 heavy (non-hydrogen) atoms. The Bertz CT molecular complexity index is 1140. The molecule has 3 aromatic rings. The van der Waals surface area contributed by atoms with Crippen molar-refractivity contribution in [2.75, 3.05) is 0 Å². The highest BCUT2D eigenvalue weighted by Gasteiger charge is 2.20. The van der Waals surface area contributed by atoms with Gasteiger partial charge in [-0.2, -0.15) is 0 Å². The Labute approximate surface area is 212 Å². The van der Waals surface area contributed by atoms with E-state index in [-0.39, 0.29) is 5.82 Å². The fourth-order valence-corrected chi connectivity index (χ4v) is 5.63. The van der Waals surface area contributed by atoms with E-state index >= 15 is 0 Å². The molecule has 3 aromatic carbocycles. The predicted octanol–water partition coefficient (Wildman–Crippen LogP) is 9.65. The second kappa shape index (κ2) is 12.9. The largest absolute Gasteiger partial charge is 0.206 e. The Balaban J connectivity index is 1.26. The summed E-state index contributed by atoms with van der Waals surface area (Å²) in [6.07, 6.45) is 16.0. The van der Waals surface area contributed by atoms with Gasteiger partial charge in [-0.05, 0) is 71.9 Å². The number of rotatable bonds is 9. The SMILES string of the molecule is CCCCCCC1CCC(CCc2ccc(C#Cc3ccc4c(F)c(CC)ccc4c3)cc2)CC1. The first-order valence-electron chi connectivity index (χ1n) is 14.0. The minimum atomic E-state index is -0.101. The molecule has 0 spiro atoms. The van der Waals surface area contributed by atoms with E-state index in [0.29, 0.717) is 11.8 Å². The van der Waals surface area contributed by atoms with Gasteiger partial charge in [0.05, 0.1) is 0 Å². The van der Waals surface area contributed by atoms with Gasteiger partial charge >= 0.3 is 0 Å². The molecular formula is C34H41F. The number of halogens is 1. The predicted molar refractivity (Wildman–Crippen MR) is 148 cm³/mol. The zero-order valence-corrected chi connectivity index (χ0v) is 21.7. The van der Waals surface area contributed by atoms with Gasteiger partial charge in [-0.25, -0.2) is 4.39 Å². The topological polar surface area (TPSA) is 0 Å². The van der Waals surface area contributed by atoms with Crippen LogP contribution in [0.1, 0.15) is 100 Å². The van der Waals surface area contributed by atoms with Crippen molar-refractivity contribution < 1.29 is 4.39 Å². The first kappa shape index (κ1) is 25.5. The highest BCUT2D eigenvalue weighted by Crippen LogP contribution is 2.34. The molecule has 1 saturated carbocycles. The third kappa shape index (κ3) is 7.20. The van der Waals surface area contributed by atoms with E-state index in [9.17, 15) is 4.39 Å². The highest BCUT2D eigenvalue weighted by atomic mass is 19.1. The first-order valence-corrected chi connectivity index (χ1v) is 14.0. The van der Waals surface area contributed by atoms with E-state index in [4.69, 9.17) is 0 Å². The van der Waals surface area contributed by atoms with Crippen LogP contribution in [0.25, 0.3) is 10.8 Å². The number of fused-ring (bicyclic) bond motifs is 1. The molecule has 184 valence electrons. The molecule has 0 amide bonds. The van der Waals surface area contributed by atoms with Crippen molar-refractivity contribution in [2.24, 2.45) is 11.8 Å². The van der Waals surface area contributed by atoms with E-state index in [1.807, 2.05) is 37.3 Å². The van der Waals surface area contributed by atoms with E-state index in [0.717, 1.165) is 33.9 Å². The second-order valence-corrected chi connectivity index (χ2v) is 10.5. The molecule has 1 aliphatic rings. The number of hydrogen-bond donors (Lipinski definition) is 0. The van der Waals surface area contributed by atoms with Crippen LogP contribution < -0.4 is 0 Å². The Morgan fingerprint density at radius 3 is 2.14 bits per heavy atom. The van der Waals surface area contributed by atoms with Crippen molar-refractivity contribution in [1.82, 2.24) is 0 Å². The summed E-state index contributed by atoms with van der Waals surface area (Å²) < 4.78 is 14.5. The molecule has 0 heterocycles. The van der Waals surface area contributed by atoms with Gasteiger partial charge in [-0.15, -0.1) is 0 Å². The third-order valence-corrected chi connectivity index (χ3v) is 7.99. The summed E-state index contributed by atoms with van der Waals surface area (Å²) in [6.45, 7) is 4.28. The summed E-state index contributed by atoms with van der Waals surface area (Å²) in [5.74, 6) is 8.34. The summed E-state index contributed by atoms with van der Waals surface area (Å²) in [4.78, 5) is 0. The third-order valence-electron chi connectivity index (χ3n) is 7.99. The van der Waals surface area contributed by atoms with Gasteiger partial charge in [0.15, 0.2) is 0 Å². The molecule has 0 saturated heterocycles. The van der Waals surface area contributed by atoms with E-state index in [1.165, 1.54) is 76.2 Å². The van der Waals surface area contributed by atoms with Crippen molar-refractivity contribution in [3.8, 4) is 11.8 Å². The minimum Gasteiger partial charge on any atom is -0.206 e. The lowest BCUT2D eigenvalue weighted by Gasteiger charge is -2.28. The quantitative estimate of drug-likeness (QED) is 0.216. The van der Waals surface area contributed by atoms with Crippen molar-refractivity contribution in [3.05, 3.63) is 82.7 Å². The summed E-state index contributed by atoms with van der Waals surface area (Å²) in [5, 5.41) is 1.59. The molecule has 0 N–H and O–H groups in total. The van der Waals surface area contributed by atoms with Crippen molar-refractivity contribution in [1.29, 1.82) is 0 Å². The number of hydrogen-bond acceptors (Lipinski definition) is 0. The minimum absolute atomic E-state index is 0.101. The second-order valence-electron chi connectivity index (χ2n) is 10.5. The molecule has 0 unspecified atom stereocenters. The standard InChI is InChI=1S/C34H41F/c1-3-5-6-7-8-26-9-11-27(12-10-26)13-14-28-15-17-29(18-16-28)19-20-30-21-24-33-32(25-30)23-22-31(4-2)34(33)35/h15-18,21-27H,3-14H2,1-2H3. The maximum atomic E-state index is 14.5. The van der Waals surface area contributed by atoms with Gasteiger partial charge in [-0.1, -0.05) is 114 Å². The molecule has 0 atom stereocenters. The Morgan fingerprint density at radius 1 is 0.743 bits per heavy atom. The number of benzene rings is 3. The highest BCUT2D eigenvalue weighted by molar-refractivity contribution is 5.85. The van der Waals surface area contributed by atoms with E-state index in [2.05, 4.69) is 43.0 Å². The van der Waals surface area contributed by atoms with Crippen LogP contribution in [-0.4, -0.2) is 0 Å². The fraction of sp³-hybridized carbons (Fsp3) is 0.471. The molecule has 0 bridgehead atoms. The summed E-state index contributed by atoms with van der Waals surface area (Å²) in [6, 6.07) is 18.4. The molecule has 1 aliphatic carbocycles. The average Bonchev–Trinajstić information content (AvgIpc) is 2.90. The molecular weight excluding hydrogens is 427 g/mol. The van der Waals surface area contributed by atoms with Crippen molar-refractivity contribution in [3.63, 3.8) is 0 Å². The molecule has 0 aliphatic heterocycles. The van der Waals surface area contributed by atoms with Crippen LogP contribution >= 0.6 is 0 Å². The van der Waals surface area contributed by atoms with Crippen molar-refractivity contribution >= 4 is 10.8 Å². The van der Waals surface area contributed by atoms with Crippen LogP contribution in [0, 0.1) is 29.5 Å². The molecule has 0 nitrogen and oxygen atoms in total. The van der Waals surface area contributed by atoms with Crippen LogP contribution in [-0.2, 0) is 12.8 Å². The number of aryl methyl sites for hydroxylation is 2. The number of unbranched alkanes of at least 4 members (excludes halogenated alkanes) is 3. The summed E-state index contributed by atoms with van der Waals surface area (Å²) >= 11 is 0. The van der Waals surface area contributed by atoms with E-state index in [1.54, 1.807) is 0 Å². The van der Waals surface area contributed by atoms with Gasteiger partial charge < -0.3 is 0 Å². The molecule has 0 radical (unpaired) electrons. The monoisotopic (exact) mass is 468 g/mol. The Morgan fingerprint density at radius 2 is 1.43 bits per heavy atom. The zero-order valence-electron chi connectivity index (χ0n) is 21.7. The van der Waals surface area contributed by atoms with Crippen LogP contribution in [0.15, 0.2) is 54.6 Å². The zero-order chi connectivity index (χ0) is 24.5. The first-order chi connectivity index (χ1) is 17.2. The normalized spacial score (nSPS) is 17.8. The maximum Gasteiger partial charge on any atom is 0.134 e. The van der Waals surface area contributed by atoms with Gasteiger partial charge in [0, 0.05) is 16.5 Å². The van der Waals surface area contributed by atoms with Gasteiger partial charge in [0.2, 0.25) is 0 Å². The Kier molecular flexibility index (Phi) is 9.42. The van der Waals surface area contributed by atoms with E-state index < -0.39 is 0 Å². The van der Waals surface area contributed by atoms with Crippen LogP contribution in [0.4, 0.5) is 4.39 Å². The van der Waals surface area contributed by atoms with Crippen molar-refractivity contribution in [2.45, 2.75) is 90.9 Å². The van der Waals surface area contributed by atoms with Gasteiger partial charge in [0.1, 0.15) is 5.82 Å². The Hall–Kier alpha value is -2.59. The lowest BCUT2D eigenvalue weighted by atomic mass is 9.77. The maximum absolute atomic E-state index is 14.5. The molecule has 1 fully saturated rings. The lowest BCUT2D eigenvalue weighted by Crippen LogP contribution is -2.15.